The number of nitrogens with one attached hydrogen (secondary N) is 1. The first-order chi connectivity index (χ1) is 8.99. The Balaban J connectivity index is 2.26. The van der Waals surface area contributed by atoms with Crippen LogP contribution in [-0.2, 0) is 7.05 Å². The van der Waals surface area contributed by atoms with Gasteiger partial charge in [0.15, 0.2) is 0 Å². The predicted octanol–water partition coefficient (Wildman–Crippen LogP) is 3.15. The number of non-ortho nitro benzene ring substituents is 1. The molecular formula is C12H13ClN4O2. The Hall–Kier alpha value is -2.08. The molecule has 19 heavy (non-hydrogen) atoms. The zero-order valence-corrected chi connectivity index (χ0v) is 11.3. The fraction of sp³-hybridized carbons (Fsp3) is 0.250. The van der Waals surface area contributed by atoms with Crippen LogP contribution in [0.4, 0.5) is 11.4 Å². The minimum atomic E-state index is -0.448. The summed E-state index contributed by atoms with van der Waals surface area (Å²) >= 11 is 6.04. The van der Waals surface area contributed by atoms with E-state index in [2.05, 4.69) is 10.4 Å². The molecule has 1 aromatic carbocycles. The van der Waals surface area contributed by atoms with Gasteiger partial charge >= 0.3 is 0 Å². The van der Waals surface area contributed by atoms with Crippen molar-refractivity contribution in [2.75, 3.05) is 5.32 Å². The normalized spacial score (nSPS) is 12.2. The summed E-state index contributed by atoms with van der Waals surface area (Å²) in [7, 11) is 1.84. The van der Waals surface area contributed by atoms with Crippen molar-refractivity contribution >= 4 is 23.0 Å². The lowest BCUT2D eigenvalue weighted by Gasteiger charge is -2.16. The summed E-state index contributed by atoms with van der Waals surface area (Å²) in [4.78, 5) is 10.3. The van der Waals surface area contributed by atoms with Crippen LogP contribution in [0.5, 0.6) is 0 Å². The lowest BCUT2D eigenvalue weighted by molar-refractivity contribution is -0.384. The van der Waals surface area contributed by atoms with E-state index >= 15 is 0 Å². The Morgan fingerprint density at radius 2 is 2.21 bits per heavy atom. The summed E-state index contributed by atoms with van der Waals surface area (Å²) < 4.78 is 1.74. The Labute approximate surface area is 115 Å². The third-order valence-electron chi connectivity index (χ3n) is 2.84. The highest BCUT2D eigenvalue weighted by molar-refractivity contribution is 6.33. The molecule has 1 N–H and O–H groups in total. The van der Waals surface area contributed by atoms with Gasteiger partial charge in [0, 0.05) is 25.4 Å². The summed E-state index contributed by atoms with van der Waals surface area (Å²) in [5.74, 6) is 0. The molecular weight excluding hydrogens is 268 g/mol. The molecule has 0 aliphatic heterocycles. The minimum absolute atomic E-state index is 0.00380. The van der Waals surface area contributed by atoms with Gasteiger partial charge in [-0.15, -0.1) is 0 Å². The van der Waals surface area contributed by atoms with Gasteiger partial charge in [-0.25, -0.2) is 0 Å². The van der Waals surface area contributed by atoms with Crippen LogP contribution >= 0.6 is 11.6 Å². The SMILES string of the molecule is CC(Nc1cc([N+](=O)[O-])ccc1Cl)c1ccnn1C. The lowest BCUT2D eigenvalue weighted by Crippen LogP contribution is -2.11. The van der Waals surface area contributed by atoms with Gasteiger partial charge in [-0.2, -0.15) is 5.10 Å². The average molecular weight is 281 g/mol. The van der Waals surface area contributed by atoms with Crippen molar-refractivity contribution in [3.63, 3.8) is 0 Å². The van der Waals surface area contributed by atoms with E-state index in [4.69, 9.17) is 11.6 Å². The van der Waals surface area contributed by atoms with E-state index in [1.54, 1.807) is 10.9 Å². The van der Waals surface area contributed by atoms with Crippen molar-refractivity contribution in [3.05, 3.63) is 51.3 Å². The molecule has 1 atom stereocenters. The number of aryl methyl sites for hydroxylation is 1. The highest BCUT2D eigenvalue weighted by Gasteiger charge is 2.14. The zero-order valence-electron chi connectivity index (χ0n) is 10.5. The Morgan fingerprint density at radius 3 is 2.79 bits per heavy atom. The highest BCUT2D eigenvalue weighted by atomic mass is 35.5. The zero-order chi connectivity index (χ0) is 14.0. The predicted molar refractivity (Wildman–Crippen MR) is 73.4 cm³/mol. The van der Waals surface area contributed by atoms with Gasteiger partial charge in [0.2, 0.25) is 0 Å². The number of rotatable bonds is 4. The first-order valence-corrected chi connectivity index (χ1v) is 6.05. The lowest BCUT2D eigenvalue weighted by atomic mass is 10.2. The second-order valence-electron chi connectivity index (χ2n) is 4.17. The number of nitro groups is 1. The molecule has 2 rings (SSSR count). The Kier molecular flexibility index (Phi) is 3.71. The first-order valence-electron chi connectivity index (χ1n) is 5.67. The number of halogens is 1. The van der Waals surface area contributed by atoms with E-state index in [0.717, 1.165) is 5.69 Å². The van der Waals surface area contributed by atoms with E-state index in [9.17, 15) is 10.1 Å². The maximum Gasteiger partial charge on any atom is 0.271 e. The minimum Gasteiger partial charge on any atom is -0.376 e. The van der Waals surface area contributed by atoms with Crippen LogP contribution in [0.25, 0.3) is 0 Å². The van der Waals surface area contributed by atoms with Crippen molar-refractivity contribution < 1.29 is 4.92 Å². The molecule has 0 saturated carbocycles. The fourth-order valence-electron chi connectivity index (χ4n) is 1.85. The molecule has 1 aromatic heterocycles. The average Bonchev–Trinajstić information content (AvgIpc) is 2.78. The van der Waals surface area contributed by atoms with Gasteiger partial charge in [0.1, 0.15) is 0 Å². The molecule has 0 amide bonds. The van der Waals surface area contributed by atoms with E-state index in [0.29, 0.717) is 10.7 Å². The van der Waals surface area contributed by atoms with Crippen LogP contribution < -0.4 is 5.32 Å². The summed E-state index contributed by atoms with van der Waals surface area (Å²) in [6, 6.07) is 6.13. The summed E-state index contributed by atoms with van der Waals surface area (Å²) in [5.41, 5.74) is 1.50. The molecule has 0 aliphatic carbocycles. The fourth-order valence-corrected chi connectivity index (χ4v) is 2.03. The number of hydrogen-bond acceptors (Lipinski definition) is 4. The van der Waals surface area contributed by atoms with Gasteiger partial charge in [-0.05, 0) is 19.1 Å². The molecule has 0 radical (unpaired) electrons. The number of hydrogen-bond donors (Lipinski definition) is 1. The van der Waals surface area contributed by atoms with Crippen molar-refractivity contribution in [2.45, 2.75) is 13.0 Å². The molecule has 1 heterocycles. The molecule has 1 unspecified atom stereocenters. The first kappa shape index (κ1) is 13.4. The Morgan fingerprint density at radius 1 is 1.47 bits per heavy atom. The quantitative estimate of drug-likeness (QED) is 0.690. The largest absolute Gasteiger partial charge is 0.376 e. The van der Waals surface area contributed by atoms with Gasteiger partial charge in [-0.3, -0.25) is 14.8 Å². The van der Waals surface area contributed by atoms with Crippen molar-refractivity contribution in [1.29, 1.82) is 0 Å². The van der Waals surface area contributed by atoms with E-state index in [1.807, 2.05) is 20.0 Å². The molecule has 100 valence electrons. The second-order valence-corrected chi connectivity index (χ2v) is 4.57. The Bertz CT molecular complexity index is 612. The smallest absolute Gasteiger partial charge is 0.271 e. The number of nitrogens with zero attached hydrogens (tertiary/aromatic N) is 3. The highest BCUT2D eigenvalue weighted by Crippen LogP contribution is 2.29. The second kappa shape index (κ2) is 5.27. The molecule has 0 spiro atoms. The van der Waals surface area contributed by atoms with Crippen molar-refractivity contribution in [1.82, 2.24) is 9.78 Å². The number of benzene rings is 1. The van der Waals surface area contributed by atoms with E-state index in [1.165, 1.54) is 18.2 Å². The number of aromatic nitrogens is 2. The summed E-state index contributed by atoms with van der Waals surface area (Å²) in [6.45, 7) is 1.94. The molecule has 0 fully saturated rings. The summed E-state index contributed by atoms with van der Waals surface area (Å²) in [5, 5.41) is 18.4. The summed E-state index contributed by atoms with van der Waals surface area (Å²) in [6.07, 6.45) is 1.70. The molecule has 0 bridgehead atoms. The number of nitro benzene ring substituents is 1. The molecule has 2 aromatic rings. The van der Waals surface area contributed by atoms with Crippen molar-refractivity contribution in [3.8, 4) is 0 Å². The van der Waals surface area contributed by atoms with E-state index in [-0.39, 0.29) is 11.7 Å². The van der Waals surface area contributed by atoms with Gasteiger partial charge < -0.3 is 5.32 Å². The van der Waals surface area contributed by atoms with Crippen molar-refractivity contribution in [2.24, 2.45) is 7.05 Å². The third kappa shape index (κ3) is 2.85. The van der Waals surface area contributed by atoms with Crippen LogP contribution in [0.3, 0.4) is 0 Å². The van der Waals surface area contributed by atoms with Crippen LogP contribution in [0.15, 0.2) is 30.5 Å². The van der Waals surface area contributed by atoms with Crippen LogP contribution in [0, 0.1) is 10.1 Å². The molecule has 7 heteroatoms. The van der Waals surface area contributed by atoms with Gasteiger partial charge in [0.25, 0.3) is 5.69 Å². The molecule has 0 saturated heterocycles. The monoisotopic (exact) mass is 280 g/mol. The third-order valence-corrected chi connectivity index (χ3v) is 3.16. The maximum absolute atomic E-state index is 10.8. The van der Waals surface area contributed by atoms with Crippen LogP contribution in [0.2, 0.25) is 5.02 Å². The molecule has 6 nitrogen and oxygen atoms in total. The maximum atomic E-state index is 10.8. The van der Waals surface area contributed by atoms with Gasteiger partial charge in [0.05, 0.1) is 27.4 Å². The standard InChI is InChI=1S/C12H13ClN4O2/c1-8(12-5-6-14-16(12)2)15-11-7-9(17(18)19)3-4-10(11)13/h3-8,15H,1-2H3. The number of anilines is 1. The van der Waals surface area contributed by atoms with E-state index < -0.39 is 4.92 Å². The van der Waals surface area contributed by atoms with Crippen LogP contribution in [0.1, 0.15) is 18.7 Å². The van der Waals surface area contributed by atoms with Crippen LogP contribution in [-0.4, -0.2) is 14.7 Å². The topological polar surface area (TPSA) is 73.0 Å². The molecule has 0 aliphatic rings. The van der Waals surface area contributed by atoms with Gasteiger partial charge in [-0.1, -0.05) is 11.6 Å².